The van der Waals surface area contributed by atoms with Gasteiger partial charge in [0.05, 0.1) is 0 Å². The number of amides is 1. The first-order valence-corrected chi connectivity index (χ1v) is 9.97. The zero-order chi connectivity index (χ0) is 18.7. The molecule has 0 unspecified atom stereocenters. The molecule has 1 N–H and O–H groups in total. The number of para-hydroxylation sites is 1. The summed E-state index contributed by atoms with van der Waals surface area (Å²) in [5, 5.41) is 2.88. The first kappa shape index (κ1) is 18.6. The number of hydrogen-bond acceptors (Lipinski definition) is 4. The number of esters is 1. The Balaban J connectivity index is 1.64. The minimum absolute atomic E-state index is 0.311. The van der Waals surface area contributed by atoms with Gasteiger partial charge in [0.1, 0.15) is 4.88 Å². The minimum atomic E-state index is -0.844. The quantitative estimate of drug-likeness (QED) is 0.619. The molecule has 1 amide bonds. The number of benzene rings is 1. The highest BCUT2D eigenvalue weighted by molar-refractivity contribution is 7.14. The summed E-state index contributed by atoms with van der Waals surface area (Å²) in [6.07, 6.45) is 4.82. The van der Waals surface area contributed by atoms with E-state index in [2.05, 4.69) is 5.32 Å². The number of carbonyl (C=O) groups is 2. The van der Waals surface area contributed by atoms with Crippen LogP contribution >= 0.6 is 11.3 Å². The smallest absolute Gasteiger partial charge is 0.349 e. The number of nitrogens with one attached hydrogen (secondary N) is 1. The van der Waals surface area contributed by atoms with Gasteiger partial charge in [-0.25, -0.2) is 4.79 Å². The molecule has 1 aliphatic rings. The van der Waals surface area contributed by atoms with Crippen LogP contribution in [0.25, 0.3) is 0 Å². The van der Waals surface area contributed by atoms with Gasteiger partial charge >= 0.3 is 5.97 Å². The average molecular weight is 372 g/mol. The van der Waals surface area contributed by atoms with Crippen molar-refractivity contribution in [3.8, 4) is 0 Å². The zero-order valence-corrected chi connectivity index (χ0v) is 16.4. The van der Waals surface area contributed by atoms with Gasteiger partial charge in [-0.2, -0.15) is 0 Å². The molecule has 0 saturated carbocycles. The van der Waals surface area contributed by atoms with Gasteiger partial charge in [-0.1, -0.05) is 24.6 Å². The second kappa shape index (κ2) is 8.04. The molecule has 1 aromatic carbocycles. The van der Waals surface area contributed by atoms with E-state index in [0.717, 1.165) is 29.7 Å². The predicted molar refractivity (Wildman–Crippen MR) is 105 cm³/mol. The van der Waals surface area contributed by atoms with Gasteiger partial charge in [0.25, 0.3) is 5.91 Å². The Morgan fingerprint density at radius 1 is 1.12 bits per heavy atom. The van der Waals surface area contributed by atoms with Gasteiger partial charge in [0.2, 0.25) is 0 Å². The van der Waals surface area contributed by atoms with E-state index in [1.54, 1.807) is 6.92 Å². The van der Waals surface area contributed by atoms with Crippen molar-refractivity contribution in [2.24, 2.45) is 0 Å². The third-order valence-electron chi connectivity index (χ3n) is 4.83. The predicted octanol–water partition coefficient (Wildman–Crippen LogP) is 4.82. The second-order valence-electron chi connectivity index (χ2n) is 6.92. The van der Waals surface area contributed by atoms with E-state index in [1.807, 2.05) is 38.1 Å². The maximum Gasteiger partial charge on any atom is 0.349 e. The van der Waals surface area contributed by atoms with Crippen LogP contribution in [-0.4, -0.2) is 18.0 Å². The van der Waals surface area contributed by atoms with Crippen molar-refractivity contribution in [3.63, 3.8) is 0 Å². The van der Waals surface area contributed by atoms with E-state index in [-0.39, 0.29) is 5.91 Å². The molecule has 0 saturated heterocycles. The van der Waals surface area contributed by atoms with Crippen molar-refractivity contribution in [2.75, 3.05) is 5.32 Å². The van der Waals surface area contributed by atoms with E-state index in [1.165, 1.54) is 41.0 Å². The topological polar surface area (TPSA) is 55.4 Å². The summed E-state index contributed by atoms with van der Waals surface area (Å²) in [7, 11) is 0. The van der Waals surface area contributed by atoms with E-state index in [0.29, 0.717) is 4.88 Å². The van der Waals surface area contributed by atoms with Crippen LogP contribution in [0.4, 0.5) is 5.69 Å². The first-order chi connectivity index (χ1) is 12.5. The molecule has 3 rings (SSSR count). The SMILES string of the molecule is Cc1cccc(C)c1NC(=O)[C@@H](C)OC(=O)c1cc2c(s1)CCCCC2. The molecule has 0 aliphatic heterocycles. The van der Waals surface area contributed by atoms with Crippen molar-refractivity contribution < 1.29 is 14.3 Å². The number of hydrogen-bond donors (Lipinski definition) is 1. The Hall–Kier alpha value is -2.14. The zero-order valence-electron chi connectivity index (χ0n) is 15.6. The lowest BCUT2D eigenvalue weighted by atomic mass is 10.1. The highest BCUT2D eigenvalue weighted by atomic mass is 32.1. The third kappa shape index (κ3) is 4.15. The Morgan fingerprint density at radius 3 is 2.54 bits per heavy atom. The summed E-state index contributed by atoms with van der Waals surface area (Å²) in [5.74, 6) is -0.721. The number of anilines is 1. The van der Waals surface area contributed by atoms with Crippen molar-refractivity contribution in [3.05, 3.63) is 50.7 Å². The number of carbonyl (C=O) groups excluding carboxylic acids is 2. The van der Waals surface area contributed by atoms with Crippen LogP contribution in [-0.2, 0) is 22.4 Å². The Bertz CT molecular complexity index is 781. The average Bonchev–Trinajstić information content (AvgIpc) is 2.89. The van der Waals surface area contributed by atoms with Crippen LogP contribution in [0.2, 0.25) is 0 Å². The fraction of sp³-hybridized carbons (Fsp3) is 0.429. The summed E-state index contributed by atoms with van der Waals surface area (Å²) < 4.78 is 5.42. The lowest BCUT2D eigenvalue weighted by molar-refractivity contribution is -0.123. The summed E-state index contributed by atoms with van der Waals surface area (Å²) in [6, 6.07) is 7.78. The van der Waals surface area contributed by atoms with Gasteiger partial charge in [-0.15, -0.1) is 11.3 Å². The number of thiophene rings is 1. The van der Waals surface area contributed by atoms with Gasteiger partial charge in [0.15, 0.2) is 6.10 Å². The monoisotopic (exact) mass is 371 g/mol. The van der Waals surface area contributed by atoms with Gasteiger partial charge in [-0.05, 0) is 69.2 Å². The van der Waals surface area contributed by atoms with Crippen molar-refractivity contribution >= 4 is 28.9 Å². The fourth-order valence-corrected chi connectivity index (χ4v) is 4.41. The molecule has 0 bridgehead atoms. The summed E-state index contributed by atoms with van der Waals surface area (Å²) >= 11 is 1.51. The van der Waals surface area contributed by atoms with Crippen LogP contribution in [0.5, 0.6) is 0 Å². The number of rotatable bonds is 4. The maximum absolute atomic E-state index is 12.5. The van der Waals surface area contributed by atoms with Crippen molar-refractivity contribution in [2.45, 2.75) is 59.0 Å². The molecule has 138 valence electrons. The molecule has 1 aromatic heterocycles. The van der Waals surface area contributed by atoms with Gasteiger partial charge in [-0.3, -0.25) is 4.79 Å². The molecule has 0 fully saturated rings. The van der Waals surface area contributed by atoms with E-state index < -0.39 is 12.1 Å². The van der Waals surface area contributed by atoms with E-state index in [9.17, 15) is 9.59 Å². The van der Waals surface area contributed by atoms with Crippen LogP contribution in [0.3, 0.4) is 0 Å². The van der Waals surface area contributed by atoms with Crippen LogP contribution in [0, 0.1) is 13.8 Å². The van der Waals surface area contributed by atoms with Crippen molar-refractivity contribution in [1.29, 1.82) is 0 Å². The molecular formula is C21H25NO3S. The second-order valence-corrected chi connectivity index (χ2v) is 8.06. The van der Waals surface area contributed by atoms with Crippen molar-refractivity contribution in [1.82, 2.24) is 0 Å². The standard InChI is InChI=1S/C21H25NO3S/c1-13-8-7-9-14(2)19(13)22-20(23)15(3)25-21(24)18-12-16-10-5-4-6-11-17(16)26-18/h7-9,12,15H,4-6,10-11H2,1-3H3,(H,22,23)/t15-/m1/s1. The van der Waals surface area contributed by atoms with Gasteiger partial charge < -0.3 is 10.1 Å². The number of aryl methyl sites for hydroxylation is 4. The number of ether oxygens (including phenoxy) is 1. The number of fused-ring (bicyclic) bond motifs is 1. The lowest BCUT2D eigenvalue weighted by Crippen LogP contribution is -2.30. The highest BCUT2D eigenvalue weighted by Crippen LogP contribution is 2.29. The van der Waals surface area contributed by atoms with E-state index >= 15 is 0 Å². The normalized spacial score (nSPS) is 14.9. The summed E-state index contributed by atoms with van der Waals surface area (Å²) in [5.41, 5.74) is 4.02. The molecule has 0 spiro atoms. The third-order valence-corrected chi connectivity index (χ3v) is 6.05. The summed E-state index contributed by atoms with van der Waals surface area (Å²) in [6.45, 7) is 5.50. The Morgan fingerprint density at radius 2 is 1.81 bits per heavy atom. The maximum atomic E-state index is 12.5. The largest absolute Gasteiger partial charge is 0.448 e. The molecule has 4 nitrogen and oxygen atoms in total. The minimum Gasteiger partial charge on any atom is -0.448 e. The van der Waals surface area contributed by atoms with Gasteiger partial charge in [0, 0.05) is 10.6 Å². The van der Waals surface area contributed by atoms with E-state index in [4.69, 9.17) is 4.74 Å². The molecule has 5 heteroatoms. The molecule has 0 radical (unpaired) electrons. The Labute approximate surface area is 158 Å². The molecule has 26 heavy (non-hydrogen) atoms. The van der Waals surface area contributed by atoms with Crippen LogP contribution in [0.15, 0.2) is 24.3 Å². The summed E-state index contributed by atoms with van der Waals surface area (Å²) in [4.78, 5) is 26.8. The molecular weight excluding hydrogens is 346 g/mol. The lowest BCUT2D eigenvalue weighted by Gasteiger charge is -2.15. The molecule has 1 heterocycles. The van der Waals surface area contributed by atoms with Crippen LogP contribution < -0.4 is 5.32 Å². The van der Waals surface area contributed by atoms with Crippen LogP contribution in [0.1, 0.15) is 57.4 Å². The molecule has 2 aromatic rings. The molecule has 1 atom stereocenters. The molecule has 1 aliphatic carbocycles. The fourth-order valence-electron chi connectivity index (χ4n) is 3.28. The Kier molecular flexibility index (Phi) is 5.77. The highest BCUT2D eigenvalue weighted by Gasteiger charge is 2.23. The first-order valence-electron chi connectivity index (χ1n) is 9.15.